The molecule has 0 radical (unpaired) electrons. The van der Waals surface area contributed by atoms with Crippen LogP contribution in [0.3, 0.4) is 0 Å². The number of hydrogen-bond acceptors (Lipinski definition) is 6. The molecule has 0 aliphatic carbocycles. The van der Waals surface area contributed by atoms with Crippen molar-refractivity contribution in [3.05, 3.63) is 22.4 Å². The molecule has 0 bridgehead atoms. The second-order valence-electron chi connectivity index (χ2n) is 6.43. The Balaban J connectivity index is 0.00000392. The lowest BCUT2D eigenvalue weighted by molar-refractivity contribution is -0.127. The lowest BCUT2D eigenvalue weighted by atomic mass is 10.2. The van der Waals surface area contributed by atoms with Crippen LogP contribution >= 0.6 is 47.1 Å². The quantitative estimate of drug-likeness (QED) is 0.215. The topological polar surface area (TPSA) is 69.2 Å². The van der Waals surface area contributed by atoms with Crippen molar-refractivity contribution in [3.8, 4) is 0 Å². The van der Waals surface area contributed by atoms with Crippen LogP contribution in [-0.4, -0.2) is 93.7 Å². The number of nitrogens with zero attached hydrogens (tertiary/aromatic N) is 3. The van der Waals surface area contributed by atoms with Crippen LogP contribution in [0.5, 0.6) is 0 Å². The minimum absolute atomic E-state index is 0. The van der Waals surface area contributed by atoms with E-state index in [0.717, 1.165) is 45.1 Å². The highest BCUT2D eigenvalue weighted by Gasteiger charge is 2.23. The summed E-state index contributed by atoms with van der Waals surface area (Å²) in [7, 11) is 3.49. The second kappa shape index (κ2) is 14.4. The number of guanidine groups is 1. The molecule has 1 saturated heterocycles. The zero-order valence-corrected chi connectivity index (χ0v) is 20.8. The van der Waals surface area contributed by atoms with Crippen molar-refractivity contribution < 1.29 is 9.53 Å². The fraction of sp³-hybridized carbons (Fsp3) is 0.667. The highest BCUT2D eigenvalue weighted by molar-refractivity contribution is 14.0. The molecule has 1 fully saturated rings. The third-order valence-corrected chi connectivity index (χ3v) is 5.88. The number of nitrogens with one attached hydrogen (secondary N) is 2. The fourth-order valence-electron chi connectivity index (χ4n) is 2.71. The van der Waals surface area contributed by atoms with Crippen molar-refractivity contribution in [1.82, 2.24) is 20.4 Å². The Kier molecular flexibility index (Phi) is 13.1. The number of morpholine rings is 1. The standard InChI is InChI=1S/C18H31N5O2S2.HI/c1-22(2)17(24)14-21-18(19-6-12-26-3)20-13-15(16-5-4-11-27-16)23-7-9-25-10-8-23;/h4-5,11,15H,6-10,12-14H2,1-3H3,(H2,19,20,21);1H. The number of carbonyl (C=O) groups excluding carboxylic acids is 1. The van der Waals surface area contributed by atoms with Gasteiger partial charge in [0.1, 0.15) is 6.54 Å². The minimum atomic E-state index is -0.0102. The van der Waals surface area contributed by atoms with Crippen molar-refractivity contribution >= 4 is 58.9 Å². The van der Waals surface area contributed by atoms with E-state index in [1.54, 1.807) is 42.1 Å². The number of amides is 1. The van der Waals surface area contributed by atoms with Gasteiger partial charge >= 0.3 is 0 Å². The molecule has 1 amide bonds. The smallest absolute Gasteiger partial charge is 0.243 e. The summed E-state index contributed by atoms with van der Waals surface area (Å²) in [6.07, 6.45) is 2.08. The molecule has 7 nitrogen and oxygen atoms in total. The van der Waals surface area contributed by atoms with E-state index in [4.69, 9.17) is 4.74 Å². The maximum Gasteiger partial charge on any atom is 0.243 e. The van der Waals surface area contributed by atoms with Crippen molar-refractivity contribution in [2.75, 3.05) is 72.0 Å². The molecule has 0 spiro atoms. The van der Waals surface area contributed by atoms with Gasteiger partial charge in [0.15, 0.2) is 5.96 Å². The number of likely N-dealkylation sites (N-methyl/N-ethyl adjacent to an activating group) is 1. The van der Waals surface area contributed by atoms with Crippen LogP contribution in [0.25, 0.3) is 0 Å². The number of aliphatic imine (C=N–C) groups is 1. The molecule has 1 aromatic heterocycles. The number of carbonyl (C=O) groups is 1. The van der Waals surface area contributed by atoms with Crippen LogP contribution in [0.15, 0.2) is 22.5 Å². The normalized spacial score (nSPS) is 16.2. The number of rotatable bonds is 9. The molecule has 1 atom stereocenters. The Morgan fingerprint density at radius 2 is 2.14 bits per heavy atom. The van der Waals surface area contributed by atoms with Crippen molar-refractivity contribution in [2.45, 2.75) is 6.04 Å². The molecular formula is C18H32IN5O2S2. The van der Waals surface area contributed by atoms with Crippen LogP contribution in [0.4, 0.5) is 0 Å². The van der Waals surface area contributed by atoms with Gasteiger partial charge in [-0.25, -0.2) is 4.99 Å². The van der Waals surface area contributed by atoms with Crippen LogP contribution < -0.4 is 10.6 Å². The Bertz CT molecular complexity index is 581. The van der Waals surface area contributed by atoms with Gasteiger partial charge in [-0.2, -0.15) is 11.8 Å². The first-order valence-electron chi connectivity index (χ1n) is 9.18. The summed E-state index contributed by atoms with van der Waals surface area (Å²) >= 11 is 3.55. The first kappa shape index (κ1) is 25.5. The highest BCUT2D eigenvalue weighted by atomic mass is 127. The number of thioether (sulfide) groups is 1. The van der Waals surface area contributed by atoms with E-state index in [-0.39, 0.29) is 42.5 Å². The molecule has 0 saturated carbocycles. The number of thiophene rings is 1. The average molecular weight is 542 g/mol. The summed E-state index contributed by atoms with van der Waals surface area (Å²) in [5.41, 5.74) is 0. The van der Waals surface area contributed by atoms with Gasteiger partial charge in [-0.15, -0.1) is 35.3 Å². The van der Waals surface area contributed by atoms with Crippen molar-refractivity contribution in [1.29, 1.82) is 0 Å². The first-order valence-corrected chi connectivity index (χ1v) is 11.5. The Hall–Kier alpha value is -0.560. The minimum Gasteiger partial charge on any atom is -0.379 e. The molecule has 160 valence electrons. The maximum atomic E-state index is 11.9. The summed E-state index contributed by atoms with van der Waals surface area (Å²) < 4.78 is 5.51. The SMILES string of the molecule is CSCCNC(=NCC(=O)N(C)C)NCC(c1cccs1)N1CCOCC1.I. The summed E-state index contributed by atoms with van der Waals surface area (Å²) in [6, 6.07) is 4.54. The molecule has 2 heterocycles. The van der Waals surface area contributed by atoms with Crippen molar-refractivity contribution in [3.63, 3.8) is 0 Å². The van der Waals surface area contributed by atoms with Crippen LogP contribution in [0.2, 0.25) is 0 Å². The van der Waals surface area contributed by atoms with E-state index in [9.17, 15) is 4.79 Å². The fourth-order valence-corrected chi connectivity index (χ4v) is 3.87. The van der Waals surface area contributed by atoms with Crippen LogP contribution in [0, 0.1) is 0 Å². The number of ether oxygens (including phenoxy) is 1. The van der Waals surface area contributed by atoms with E-state index in [0.29, 0.717) is 5.96 Å². The monoisotopic (exact) mass is 541 g/mol. The first-order chi connectivity index (χ1) is 13.1. The van der Waals surface area contributed by atoms with Gasteiger partial charge in [-0.05, 0) is 17.7 Å². The third-order valence-electron chi connectivity index (χ3n) is 4.29. The molecular weight excluding hydrogens is 509 g/mol. The van der Waals surface area contributed by atoms with E-state index in [1.165, 1.54) is 4.88 Å². The molecule has 0 aromatic carbocycles. The maximum absolute atomic E-state index is 11.9. The summed E-state index contributed by atoms with van der Waals surface area (Å²) in [4.78, 5) is 21.7. The summed E-state index contributed by atoms with van der Waals surface area (Å²) in [5.74, 6) is 1.66. The van der Waals surface area contributed by atoms with E-state index in [1.807, 2.05) is 0 Å². The van der Waals surface area contributed by atoms with Crippen LogP contribution in [0.1, 0.15) is 10.9 Å². The van der Waals surface area contributed by atoms with Gasteiger partial charge < -0.3 is 20.3 Å². The highest BCUT2D eigenvalue weighted by Crippen LogP contribution is 2.25. The molecule has 1 aromatic rings. The van der Waals surface area contributed by atoms with Gasteiger partial charge in [-0.1, -0.05) is 6.07 Å². The van der Waals surface area contributed by atoms with Gasteiger partial charge in [0.2, 0.25) is 5.91 Å². The predicted octanol–water partition coefficient (Wildman–Crippen LogP) is 1.73. The number of hydrogen-bond donors (Lipinski definition) is 2. The Labute approximate surface area is 193 Å². The molecule has 28 heavy (non-hydrogen) atoms. The third kappa shape index (κ3) is 8.85. The zero-order chi connectivity index (χ0) is 19.5. The largest absolute Gasteiger partial charge is 0.379 e. The van der Waals surface area contributed by atoms with E-state index in [2.05, 4.69) is 44.3 Å². The molecule has 1 aliphatic heterocycles. The molecule has 2 rings (SSSR count). The zero-order valence-electron chi connectivity index (χ0n) is 16.8. The molecule has 1 unspecified atom stereocenters. The second-order valence-corrected chi connectivity index (χ2v) is 8.40. The van der Waals surface area contributed by atoms with Gasteiger partial charge in [0.25, 0.3) is 0 Å². The Morgan fingerprint density at radius 1 is 1.39 bits per heavy atom. The predicted molar refractivity (Wildman–Crippen MR) is 130 cm³/mol. The van der Waals surface area contributed by atoms with Crippen LogP contribution in [-0.2, 0) is 9.53 Å². The number of halogens is 1. The molecule has 10 heteroatoms. The lowest BCUT2D eigenvalue weighted by Crippen LogP contribution is -2.46. The summed E-state index contributed by atoms with van der Waals surface area (Å²) in [6.45, 7) is 5.08. The van der Waals surface area contributed by atoms with E-state index >= 15 is 0 Å². The van der Waals surface area contributed by atoms with Crippen molar-refractivity contribution in [2.24, 2.45) is 4.99 Å². The van der Waals surface area contributed by atoms with Gasteiger partial charge in [0, 0.05) is 50.9 Å². The van der Waals surface area contributed by atoms with Gasteiger partial charge in [0.05, 0.1) is 19.3 Å². The average Bonchev–Trinajstić information content (AvgIpc) is 3.20. The summed E-state index contributed by atoms with van der Waals surface area (Å²) in [5, 5.41) is 8.88. The molecule has 1 aliphatic rings. The van der Waals surface area contributed by atoms with E-state index < -0.39 is 0 Å². The Morgan fingerprint density at radius 3 is 2.75 bits per heavy atom. The van der Waals surface area contributed by atoms with Gasteiger partial charge in [-0.3, -0.25) is 9.69 Å². The molecule has 2 N–H and O–H groups in total. The lowest BCUT2D eigenvalue weighted by Gasteiger charge is -2.34.